The first-order valence-corrected chi connectivity index (χ1v) is 7.62. The molecule has 1 aromatic heterocycles. The van der Waals surface area contributed by atoms with Crippen LogP contribution in [-0.4, -0.2) is 17.4 Å². The Morgan fingerprint density at radius 3 is 2.73 bits per heavy atom. The lowest BCUT2D eigenvalue weighted by molar-refractivity contribution is 0.0952. The SMILES string of the molecule is Cc1cc(C(=O)NCCC(C)C)ccc1Nc1cccnc1. The first-order valence-electron chi connectivity index (χ1n) is 7.62. The average Bonchev–Trinajstić information content (AvgIpc) is 2.50. The van der Waals surface area contributed by atoms with Crippen LogP contribution in [-0.2, 0) is 0 Å². The van der Waals surface area contributed by atoms with E-state index in [1.165, 1.54) is 0 Å². The molecule has 22 heavy (non-hydrogen) atoms. The zero-order valence-corrected chi connectivity index (χ0v) is 13.4. The Morgan fingerprint density at radius 2 is 2.09 bits per heavy atom. The molecule has 0 spiro atoms. The maximum atomic E-state index is 12.1. The first-order chi connectivity index (χ1) is 10.6. The number of pyridine rings is 1. The first kappa shape index (κ1) is 16.0. The maximum absolute atomic E-state index is 12.1. The summed E-state index contributed by atoms with van der Waals surface area (Å²) in [6.07, 6.45) is 4.50. The van der Waals surface area contributed by atoms with Gasteiger partial charge in [0, 0.05) is 24.0 Å². The van der Waals surface area contributed by atoms with Crippen molar-refractivity contribution >= 4 is 17.3 Å². The van der Waals surface area contributed by atoms with E-state index in [9.17, 15) is 4.79 Å². The number of amides is 1. The highest BCUT2D eigenvalue weighted by Crippen LogP contribution is 2.21. The summed E-state index contributed by atoms with van der Waals surface area (Å²) in [6.45, 7) is 7.00. The Hall–Kier alpha value is -2.36. The predicted molar refractivity (Wildman–Crippen MR) is 90.5 cm³/mol. The number of hydrogen-bond donors (Lipinski definition) is 2. The lowest BCUT2D eigenvalue weighted by atomic mass is 10.1. The van der Waals surface area contributed by atoms with Crippen molar-refractivity contribution in [1.29, 1.82) is 0 Å². The Bertz CT molecular complexity index is 623. The third-order valence-electron chi connectivity index (χ3n) is 3.44. The zero-order chi connectivity index (χ0) is 15.9. The number of nitrogens with zero attached hydrogens (tertiary/aromatic N) is 1. The summed E-state index contributed by atoms with van der Waals surface area (Å²) >= 11 is 0. The minimum absolute atomic E-state index is 0.0170. The van der Waals surface area contributed by atoms with Gasteiger partial charge < -0.3 is 10.6 Å². The molecule has 4 heteroatoms. The minimum atomic E-state index is -0.0170. The molecule has 2 N–H and O–H groups in total. The normalized spacial score (nSPS) is 10.5. The van der Waals surface area contributed by atoms with Crippen molar-refractivity contribution in [3.05, 3.63) is 53.9 Å². The fourth-order valence-electron chi connectivity index (χ4n) is 2.11. The third-order valence-corrected chi connectivity index (χ3v) is 3.44. The van der Waals surface area contributed by atoms with Gasteiger partial charge in [-0.1, -0.05) is 13.8 Å². The van der Waals surface area contributed by atoms with E-state index in [0.717, 1.165) is 23.4 Å². The largest absolute Gasteiger partial charge is 0.354 e. The summed E-state index contributed by atoms with van der Waals surface area (Å²) in [4.78, 5) is 16.2. The molecule has 1 heterocycles. The predicted octanol–water partition coefficient (Wildman–Crippen LogP) is 3.91. The van der Waals surface area contributed by atoms with Crippen molar-refractivity contribution in [2.45, 2.75) is 27.2 Å². The number of rotatable bonds is 6. The number of carbonyl (C=O) groups is 1. The highest BCUT2D eigenvalue weighted by Gasteiger charge is 2.08. The van der Waals surface area contributed by atoms with Gasteiger partial charge in [0.15, 0.2) is 0 Å². The van der Waals surface area contributed by atoms with Gasteiger partial charge in [-0.05, 0) is 55.2 Å². The van der Waals surface area contributed by atoms with Crippen LogP contribution in [0.2, 0.25) is 0 Å². The summed E-state index contributed by atoms with van der Waals surface area (Å²) in [6, 6.07) is 9.52. The van der Waals surface area contributed by atoms with E-state index in [1.807, 2.05) is 37.3 Å². The van der Waals surface area contributed by atoms with Crippen LogP contribution >= 0.6 is 0 Å². The topological polar surface area (TPSA) is 54.0 Å². The molecular formula is C18H23N3O. The molecule has 0 aliphatic heterocycles. The van der Waals surface area contributed by atoms with Crippen LogP contribution in [0.15, 0.2) is 42.7 Å². The van der Waals surface area contributed by atoms with E-state index in [-0.39, 0.29) is 5.91 Å². The molecule has 0 unspecified atom stereocenters. The van der Waals surface area contributed by atoms with Gasteiger partial charge in [0.05, 0.1) is 11.9 Å². The smallest absolute Gasteiger partial charge is 0.251 e. The summed E-state index contributed by atoms with van der Waals surface area (Å²) in [5.41, 5.74) is 3.63. The summed E-state index contributed by atoms with van der Waals surface area (Å²) < 4.78 is 0. The molecule has 0 aliphatic rings. The van der Waals surface area contributed by atoms with Crippen LogP contribution in [0.25, 0.3) is 0 Å². The molecular weight excluding hydrogens is 274 g/mol. The van der Waals surface area contributed by atoms with Gasteiger partial charge in [0.1, 0.15) is 0 Å². The van der Waals surface area contributed by atoms with Crippen LogP contribution in [0.1, 0.15) is 36.2 Å². The molecule has 116 valence electrons. The number of benzene rings is 1. The average molecular weight is 297 g/mol. The maximum Gasteiger partial charge on any atom is 0.251 e. The van der Waals surface area contributed by atoms with Gasteiger partial charge >= 0.3 is 0 Å². The van der Waals surface area contributed by atoms with Crippen molar-refractivity contribution in [1.82, 2.24) is 10.3 Å². The summed E-state index contributed by atoms with van der Waals surface area (Å²) in [5, 5.41) is 6.26. The van der Waals surface area contributed by atoms with Crippen molar-refractivity contribution in [2.75, 3.05) is 11.9 Å². The number of nitrogens with one attached hydrogen (secondary N) is 2. The van der Waals surface area contributed by atoms with Crippen LogP contribution < -0.4 is 10.6 Å². The van der Waals surface area contributed by atoms with Crippen molar-refractivity contribution in [2.24, 2.45) is 5.92 Å². The van der Waals surface area contributed by atoms with Crippen molar-refractivity contribution in [3.8, 4) is 0 Å². The van der Waals surface area contributed by atoms with Crippen molar-refractivity contribution in [3.63, 3.8) is 0 Å². The second-order valence-corrected chi connectivity index (χ2v) is 5.83. The lowest BCUT2D eigenvalue weighted by Gasteiger charge is -2.11. The van der Waals surface area contributed by atoms with E-state index in [1.54, 1.807) is 12.4 Å². The Labute approximate surface area is 132 Å². The van der Waals surface area contributed by atoms with E-state index in [0.29, 0.717) is 18.0 Å². The Balaban J connectivity index is 2.01. The quantitative estimate of drug-likeness (QED) is 0.850. The second kappa shape index (κ2) is 7.59. The van der Waals surface area contributed by atoms with Crippen LogP contribution in [0.4, 0.5) is 11.4 Å². The van der Waals surface area contributed by atoms with Crippen LogP contribution in [0, 0.1) is 12.8 Å². The number of aromatic nitrogens is 1. The third kappa shape index (κ3) is 4.58. The fourth-order valence-corrected chi connectivity index (χ4v) is 2.11. The van der Waals surface area contributed by atoms with Gasteiger partial charge in [0.2, 0.25) is 0 Å². The van der Waals surface area contributed by atoms with Gasteiger partial charge in [-0.25, -0.2) is 0 Å². The minimum Gasteiger partial charge on any atom is -0.354 e. The number of carbonyl (C=O) groups excluding carboxylic acids is 1. The van der Waals surface area contributed by atoms with Gasteiger partial charge in [-0.15, -0.1) is 0 Å². The molecule has 1 aromatic carbocycles. The zero-order valence-electron chi connectivity index (χ0n) is 13.4. The second-order valence-electron chi connectivity index (χ2n) is 5.83. The molecule has 0 saturated carbocycles. The standard InChI is InChI=1S/C18H23N3O/c1-13(2)8-10-20-18(22)15-6-7-17(14(3)11-15)21-16-5-4-9-19-12-16/h4-7,9,11-13,21H,8,10H2,1-3H3,(H,20,22). The monoisotopic (exact) mass is 297 g/mol. The summed E-state index contributed by atoms with van der Waals surface area (Å²) in [5.74, 6) is 0.574. The molecule has 1 amide bonds. The molecule has 0 fully saturated rings. The fraction of sp³-hybridized carbons (Fsp3) is 0.333. The number of hydrogen-bond acceptors (Lipinski definition) is 3. The Morgan fingerprint density at radius 1 is 1.27 bits per heavy atom. The highest BCUT2D eigenvalue weighted by atomic mass is 16.1. The van der Waals surface area contributed by atoms with Gasteiger partial charge in [-0.2, -0.15) is 0 Å². The van der Waals surface area contributed by atoms with E-state index in [4.69, 9.17) is 0 Å². The number of aryl methyl sites for hydroxylation is 1. The van der Waals surface area contributed by atoms with E-state index in [2.05, 4.69) is 29.5 Å². The molecule has 2 aromatic rings. The molecule has 0 radical (unpaired) electrons. The number of anilines is 2. The molecule has 0 aliphatic carbocycles. The Kier molecular flexibility index (Phi) is 5.53. The van der Waals surface area contributed by atoms with Gasteiger partial charge in [-0.3, -0.25) is 9.78 Å². The van der Waals surface area contributed by atoms with Crippen LogP contribution in [0.5, 0.6) is 0 Å². The van der Waals surface area contributed by atoms with Crippen LogP contribution in [0.3, 0.4) is 0 Å². The van der Waals surface area contributed by atoms with E-state index < -0.39 is 0 Å². The highest BCUT2D eigenvalue weighted by molar-refractivity contribution is 5.95. The lowest BCUT2D eigenvalue weighted by Crippen LogP contribution is -2.25. The van der Waals surface area contributed by atoms with Gasteiger partial charge in [0.25, 0.3) is 5.91 Å². The van der Waals surface area contributed by atoms with Crippen molar-refractivity contribution < 1.29 is 4.79 Å². The molecule has 0 bridgehead atoms. The molecule has 0 saturated heterocycles. The summed E-state index contributed by atoms with van der Waals surface area (Å²) in [7, 11) is 0. The van der Waals surface area contributed by atoms with E-state index >= 15 is 0 Å². The molecule has 2 rings (SSSR count). The molecule has 0 atom stereocenters. The molecule has 4 nitrogen and oxygen atoms in total.